The molecule has 1 amide bonds. The number of carbonyl (C=O) groups excluding carboxylic acids is 1. The highest BCUT2D eigenvalue weighted by Crippen LogP contribution is 2.13. The van der Waals surface area contributed by atoms with E-state index in [0.717, 1.165) is 0 Å². The summed E-state index contributed by atoms with van der Waals surface area (Å²) in [4.78, 5) is 15.4. The molecule has 0 aliphatic heterocycles. The Bertz CT molecular complexity index is 454. The van der Waals surface area contributed by atoms with Crippen molar-refractivity contribution in [2.24, 2.45) is 0 Å². The molecule has 1 aromatic heterocycles. The smallest absolute Gasteiger partial charge is 0.254 e. The van der Waals surface area contributed by atoms with Crippen LogP contribution < -0.4 is 10.6 Å². The molecule has 0 radical (unpaired) electrons. The number of anilines is 1. The quantitative estimate of drug-likeness (QED) is 0.751. The van der Waals surface area contributed by atoms with Gasteiger partial charge in [0.05, 0.1) is 5.56 Å². The number of nitrogens with zero attached hydrogens (tertiary/aromatic N) is 1. The lowest BCUT2D eigenvalue weighted by Gasteiger charge is -2.07. The summed E-state index contributed by atoms with van der Waals surface area (Å²) in [7, 11) is 0.652. The van der Waals surface area contributed by atoms with Gasteiger partial charge in [0.1, 0.15) is 0 Å². The van der Waals surface area contributed by atoms with E-state index in [2.05, 4.69) is 15.6 Å². The summed E-state index contributed by atoms with van der Waals surface area (Å²) in [6.45, 7) is 0.370. The molecule has 2 N–H and O–H groups in total. The molecule has 0 saturated heterocycles. The number of rotatable bonds is 6. The van der Waals surface area contributed by atoms with E-state index >= 15 is 0 Å². The van der Waals surface area contributed by atoms with Crippen LogP contribution in [0.3, 0.4) is 0 Å². The zero-order valence-electron chi connectivity index (χ0n) is 10.3. The fourth-order valence-corrected chi connectivity index (χ4v) is 1.92. The van der Waals surface area contributed by atoms with Crippen LogP contribution in [0.25, 0.3) is 0 Å². The second-order valence-corrected chi connectivity index (χ2v) is 5.21. The Kier molecular flexibility index (Phi) is 5.70. The summed E-state index contributed by atoms with van der Waals surface area (Å²) >= 11 is 0. The van der Waals surface area contributed by atoms with E-state index in [4.69, 9.17) is 0 Å². The van der Waals surface area contributed by atoms with Gasteiger partial charge in [-0.25, -0.2) is 9.37 Å². The summed E-state index contributed by atoms with van der Waals surface area (Å²) in [6.07, 6.45) is 3.56. The number of carbonyl (C=O) groups is 1. The molecule has 1 rings (SSSR count). The van der Waals surface area contributed by atoms with Gasteiger partial charge in [-0.15, -0.1) is 0 Å². The minimum Gasteiger partial charge on any atom is -0.371 e. The van der Waals surface area contributed by atoms with Crippen molar-refractivity contribution in [1.82, 2.24) is 10.3 Å². The van der Waals surface area contributed by atoms with Crippen LogP contribution >= 0.6 is 0 Å². The number of pyridine rings is 1. The van der Waals surface area contributed by atoms with Gasteiger partial charge < -0.3 is 10.6 Å². The van der Waals surface area contributed by atoms with Gasteiger partial charge in [-0.3, -0.25) is 9.00 Å². The predicted octanol–water partition coefficient (Wildman–Crippen LogP) is 0.761. The summed E-state index contributed by atoms with van der Waals surface area (Å²) in [5.41, 5.74) is -0.0491. The van der Waals surface area contributed by atoms with Crippen molar-refractivity contribution in [3.63, 3.8) is 0 Å². The highest BCUT2D eigenvalue weighted by atomic mass is 32.2. The van der Waals surface area contributed by atoms with Crippen LogP contribution in [0.5, 0.6) is 0 Å². The molecule has 0 aromatic carbocycles. The number of hydrogen-bond donors (Lipinski definition) is 2. The van der Waals surface area contributed by atoms with Crippen LogP contribution in [0.1, 0.15) is 16.8 Å². The lowest BCUT2D eigenvalue weighted by Crippen LogP contribution is -2.26. The Balaban J connectivity index is 2.59. The third-order valence-corrected chi connectivity index (χ3v) is 3.13. The van der Waals surface area contributed by atoms with Crippen molar-refractivity contribution in [3.8, 4) is 0 Å². The van der Waals surface area contributed by atoms with Crippen molar-refractivity contribution in [2.75, 3.05) is 30.9 Å². The molecule has 0 saturated carbocycles. The Morgan fingerprint density at radius 2 is 2.28 bits per heavy atom. The summed E-state index contributed by atoms with van der Waals surface area (Å²) in [6, 6.07) is 1.32. The van der Waals surface area contributed by atoms with Crippen LogP contribution in [0.2, 0.25) is 0 Å². The topological polar surface area (TPSA) is 71.1 Å². The molecule has 0 aliphatic carbocycles. The van der Waals surface area contributed by atoms with Crippen molar-refractivity contribution < 1.29 is 13.4 Å². The second-order valence-electron chi connectivity index (χ2n) is 3.66. The molecule has 1 aromatic rings. The lowest BCUT2D eigenvalue weighted by atomic mass is 10.2. The van der Waals surface area contributed by atoms with E-state index in [1.54, 1.807) is 6.26 Å². The maximum absolute atomic E-state index is 13.7. The highest BCUT2D eigenvalue weighted by Gasteiger charge is 2.14. The Morgan fingerprint density at radius 3 is 2.89 bits per heavy atom. The van der Waals surface area contributed by atoms with Crippen molar-refractivity contribution >= 4 is 22.5 Å². The lowest BCUT2D eigenvalue weighted by molar-refractivity contribution is 0.0949. The molecule has 0 spiro atoms. The molecule has 100 valence electrons. The molecule has 0 aliphatic rings. The molecule has 1 atom stereocenters. The SMILES string of the molecule is CNc1nccc(C(=O)NCCCS(C)=O)c1F. The Labute approximate surface area is 108 Å². The third kappa shape index (κ3) is 4.06. The molecular weight excluding hydrogens is 257 g/mol. The first kappa shape index (κ1) is 14.6. The first-order valence-corrected chi connectivity index (χ1v) is 7.19. The van der Waals surface area contributed by atoms with Crippen LogP contribution in [-0.2, 0) is 10.8 Å². The molecule has 0 fully saturated rings. The van der Waals surface area contributed by atoms with Gasteiger partial charge in [0, 0.05) is 42.6 Å². The maximum atomic E-state index is 13.7. The van der Waals surface area contributed by atoms with E-state index in [1.165, 1.54) is 19.3 Å². The second kappa shape index (κ2) is 7.05. The van der Waals surface area contributed by atoms with E-state index in [0.29, 0.717) is 18.7 Å². The van der Waals surface area contributed by atoms with E-state index in [-0.39, 0.29) is 11.4 Å². The van der Waals surface area contributed by atoms with Gasteiger partial charge in [0.2, 0.25) is 0 Å². The minimum atomic E-state index is -0.880. The molecule has 1 unspecified atom stereocenters. The van der Waals surface area contributed by atoms with Gasteiger partial charge in [-0.05, 0) is 12.5 Å². The van der Waals surface area contributed by atoms with Crippen molar-refractivity contribution in [2.45, 2.75) is 6.42 Å². The molecule has 5 nitrogen and oxygen atoms in total. The van der Waals surface area contributed by atoms with E-state index in [1.807, 2.05) is 0 Å². The van der Waals surface area contributed by atoms with Crippen LogP contribution in [0.4, 0.5) is 10.2 Å². The monoisotopic (exact) mass is 273 g/mol. The minimum absolute atomic E-state index is 0.0392. The Morgan fingerprint density at radius 1 is 1.56 bits per heavy atom. The fraction of sp³-hybridized carbons (Fsp3) is 0.455. The summed E-state index contributed by atoms with van der Waals surface area (Å²) < 4.78 is 24.5. The predicted molar refractivity (Wildman–Crippen MR) is 69.6 cm³/mol. The number of halogens is 1. The van der Waals surface area contributed by atoms with E-state index in [9.17, 15) is 13.4 Å². The van der Waals surface area contributed by atoms with Crippen molar-refractivity contribution in [3.05, 3.63) is 23.6 Å². The summed E-state index contributed by atoms with van der Waals surface area (Å²) in [5.74, 6) is -0.608. The standard InChI is InChI=1S/C11H16FN3O2S/c1-13-10-9(12)8(4-6-14-10)11(16)15-5-3-7-18(2)17/h4,6H,3,5,7H2,1-2H3,(H,13,14)(H,15,16). The zero-order valence-corrected chi connectivity index (χ0v) is 11.1. The molecular formula is C11H16FN3O2S. The highest BCUT2D eigenvalue weighted by molar-refractivity contribution is 7.84. The molecule has 7 heteroatoms. The number of nitrogens with one attached hydrogen (secondary N) is 2. The summed E-state index contributed by atoms with van der Waals surface area (Å²) in [5, 5.41) is 5.14. The van der Waals surface area contributed by atoms with Gasteiger partial charge >= 0.3 is 0 Å². The number of amides is 1. The average molecular weight is 273 g/mol. The number of aromatic nitrogens is 1. The third-order valence-electron chi connectivity index (χ3n) is 2.26. The Hall–Kier alpha value is -1.50. The van der Waals surface area contributed by atoms with Gasteiger partial charge in [0.15, 0.2) is 11.6 Å². The largest absolute Gasteiger partial charge is 0.371 e. The van der Waals surface area contributed by atoms with E-state index < -0.39 is 22.5 Å². The van der Waals surface area contributed by atoms with Crippen LogP contribution in [-0.4, -0.2) is 40.7 Å². The van der Waals surface area contributed by atoms with Crippen molar-refractivity contribution in [1.29, 1.82) is 0 Å². The van der Waals surface area contributed by atoms with Gasteiger partial charge in [-0.2, -0.15) is 0 Å². The number of hydrogen-bond acceptors (Lipinski definition) is 4. The van der Waals surface area contributed by atoms with Gasteiger partial charge in [0.25, 0.3) is 5.91 Å². The van der Waals surface area contributed by atoms with Gasteiger partial charge in [-0.1, -0.05) is 0 Å². The van der Waals surface area contributed by atoms with Crippen LogP contribution in [0.15, 0.2) is 12.3 Å². The first-order chi connectivity index (χ1) is 8.56. The maximum Gasteiger partial charge on any atom is 0.254 e. The normalized spacial score (nSPS) is 11.9. The molecule has 18 heavy (non-hydrogen) atoms. The van der Waals surface area contributed by atoms with Crippen LogP contribution in [0, 0.1) is 5.82 Å². The first-order valence-electron chi connectivity index (χ1n) is 5.46. The fourth-order valence-electron chi connectivity index (χ4n) is 1.37. The zero-order chi connectivity index (χ0) is 13.5. The molecule has 1 heterocycles. The average Bonchev–Trinajstić information content (AvgIpc) is 2.34. The molecule has 0 bridgehead atoms.